The van der Waals surface area contributed by atoms with Gasteiger partial charge in [-0.3, -0.25) is 4.79 Å². The second-order valence-corrected chi connectivity index (χ2v) is 8.29. The molecule has 0 spiro atoms. The van der Waals surface area contributed by atoms with Gasteiger partial charge in [-0.2, -0.15) is 0 Å². The molecule has 1 amide bonds. The van der Waals surface area contributed by atoms with Crippen LogP contribution in [0.2, 0.25) is 0 Å². The summed E-state index contributed by atoms with van der Waals surface area (Å²) in [7, 11) is 2.84. The zero-order chi connectivity index (χ0) is 23.5. The zero-order valence-corrected chi connectivity index (χ0v) is 18.9. The van der Waals surface area contributed by atoms with E-state index in [0.717, 1.165) is 4.57 Å². The van der Waals surface area contributed by atoms with Gasteiger partial charge in [0, 0.05) is 24.7 Å². The first-order valence-corrected chi connectivity index (χ1v) is 9.81. The van der Waals surface area contributed by atoms with E-state index in [4.69, 9.17) is 9.47 Å². The lowest BCUT2D eigenvalue weighted by molar-refractivity contribution is -0.143. The summed E-state index contributed by atoms with van der Waals surface area (Å²) in [5.41, 5.74) is 0.664. The molecule has 1 atom stereocenters. The molecule has 9 nitrogen and oxygen atoms in total. The molecule has 0 fully saturated rings. The predicted octanol–water partition coefficient (Wildman–Crippen LogP) is 1.76. The van der Waals surface area contributed by atoms with Crippen molar-refractivity contribution < 1.29 is 19.1 Å². The molecule has 1 N–H and O–H groups in total. The lowest BCUT2D eigenvalue weighted by Crippen LogP contribution is -2.45. The van der Waals surface area contributed by atoms with E-state index < -0.39 is 29.4 Å². The molecule has 1 heterocycles. The number of esters is 1. The number of methoxy groups -OCH3 is 1. The fourth-order valence-corrected chi connectivity index (χ4v) is 2.98. The number of hydrogen-bond acceptors (Lipinski definition) is 6. The Bertz CT molecular complexity index is 1050. The van der Waals surface area contributed by atoms with Gasteiger partial charge in [0.05, 0.1) is 12.8 Å². The Balaban J connectivity index is 2.30. The lowest BCUT2D eigenvalue weighted by atomic mass is 10.1. The summed E-state index contributed by atoms with van der Waals surface area (Å²) in [4.78, 5) is 49.4. The summed E-state index contributed by atoms with van der Waals surface area (Å²) in [5, 5.41) is 2.51. The molecule has 0 aliphatic heterocycles. The van der Waals surface area contributed by atoms with Crippen LogP contribution in [-0.2, 0) is 27.7 Å². The van der Waals surface area contributed by atoms with Crippen LogP contribution in [0.4, 0.5) is 4.79 Å². The van der Waals surface area contributed by atoms with Crippen LogP contribution < -0.4 is 16.6 Å². The van der Waals surface area contributed by atoms with Gasteiger partial charge in [-0.25, -0.2) is 19.0 Å². The minimum Gasteiger partial charge on any atom is -0.467 e. The lowest BCUT2D eigenvalue weighted by Gasteiger charge is -2.22. The Labute approximate surface area is 180 Å². The van der Waals surface area contributed by atoms with Crippen LogP contribution >= 0.6 is 0 Å². The molecule has 0 unspecified atom stereocenters. The van der Waals surface area contributed by atoms with Gasteiger partial charge in [-0.05, 0) is 52.3 Å². The highest BCUT2D eigenvalue weighted by atomic mass is 16.6. The first-order valence-electron chi connectivity index (χ1n) is 9.81. The van der Waals surface area contributed by atoms with Crippen LogP contribution in [0.15, 0.2) is 33.9 Å². The minimum absolute atomic E-state index is 0.145. The Hall–Kier alpha value is -3.36. The SMILES string of the molecule is COC(=O)[C@H](Cc1ccc(-n2c(=O)c(C)c(C)n(C)c2=O)cc1)NC(=O)OC(C)(C)C. The van der Waals surface area contributed by atoms with Crippen molar-refractivity contribution >= 4 is 12.1 Å². The molecular formula is C22H29N3O6. The fourth-order valence-electron chi connectivity index (χ4n) is 2.98. The number of hydrogen-bond donors (Lipinski definition) is 1. The van der Waals surface area contributed by atoms with Crippen molar-refractivity contribution in [1.29, 1.82) is 0 Å². The highest BCUT2D eigenvalue weighted by Crippen LogP contribution is 2.12. The molecular weight excluding hydrogens is 402 g/mol. The van der Waals surface area contributed by atoms with Crippen molar-refractivity contribution in [3.63, 3.8) is 0 Å². The molecule has 1 aromatic heterocycles. The summed E-state index contributed by atoms with van der Waals surface area (Å²) in [6, 6.07) is 5.65. The van der Waals surface area contributed by atoms with Crippen LogP contribution in [0, 0.1) is 13.8 Å². The van der Waals surface area contributed by atoms with E-state index in [0.29, 0.717) is 22.5 Å². The topological polar surface area (TPSA) is 109 Å². The smallest absolute Gasteiger partial charge is 0.408 e. The maximum absolute atomic E-state index is 12.6. The van der Waals surface area contributed by atoms with E-state index >= 15 is 0 Å². The number of alkyl carbamates (subject to hydrolysis) is 1. The highest BCUT2D eigenvalue weighted by molar-refractivity contribution is 5.81. The van der Waals surface area contributed by atoms with E-state index in [1.807, 2.05) is 0 Å². The molecule has 0 radical (unpaired) electrons. The second-order valence-electron chi connectivity index (χ2n) is 8.29. The number of rotatable bonds is 5. The van der Waals surface area contributed by atoms with Gasteiger partial charge >= 0.3 is 17.8 Å². The van der Waals surface area contributed by atoms with Crippen LogP contribution in [0.5, 0.6) is 0 Å². The van der Waals surface area contributed by atoms with E-state index in [1.165, 1.54) is 11.7 Å². The molecule has 0 aliphatic rings. The molecule has 0 bridgehead atoms. The number of nitrogens with one attached hydrogen (secondary N) is 1. The van der Waals surface area contributed by atoms with Crippen LogP contribution in [0.1, 0.15) is 37.6 Å². The van der Waals surface area contributed by atoms with Crippen molar-refractivity contribution in [3.8, 4) is 5.69 Å². The minimum atomic E-state index is -0.956. The van der Waals surface area contributed by atoms with Gasteiger partial charge in [0.1, 0.15) is 11.6 Å². The third-order valence-electron chi connectivity index (χ3n) is 4.86. The average Bonchev–Trinajstić information content (AvgIpc) is 2.69. The maximum atomic E-state index is 12.6. The van der Waals surface area contributed by atoms with E-state index in [2.05, 4.69) is 5.32 Å². The number of carbonyl (C=O) groups excluding carboxylic acids is 2. The first-order chi connectivity index (χ1) is 14.4. The summed E-state index contributed by atoms with van der Waals surface area (Å²) in [6.45, 7) is 8.55. The monoisotopic (exact) mass is 431 g/mol. The Morgan fingerprint density at radius 2 is 1.68 bits per heavy atom. The maximum Gasteiger partial charge on any atom is 0.408 e. The normalized spacial score (nSPS) is 12.2. The molecule has 0 saturated carbocycles. The van der Waals surface area contributed by atoms with Crippen molar-refractivity contribution in [3.05, 3.63) is 61.9 Å². The number of benzene rings is 1. The molecule has 0 saturated heterocycles. The second kappa shape index (κ2) is 9.20. The van der Waals surface area contributed by atoms with Crippen LogP contribution in [-0.4, -0.2) is 39.9 Å². The third kappa shape index (κ3) is 5.62. The molecule has 2 aromatic rings. The van der Waals surface area contributed by atoms with Crippen LogP contribution in [0.25, 0.3) is 5.69 Å². The van der Waals surface area contributed by atoms with E-state index in [9.17, 15) is 19.2 Å². The molecule has 1 aromatic carbocycles. The van der Waals surface area contributed by atoms with E-state index in [1.54, 1.807) is 65.9 Å². The van der Waals surface area contributed by atoms with Crippen molar-refractivity contribution in [2.75, 3.05) is 7.11 Å². The number of nitrogens with zero attached hydrogens (tertiary/aromatic N) is 2. The average molecular weight is 431 g/mol. The number of ether oxygens (including phenoxy) is 2. The molecule has 0 aliphatic carbocycles. The van der Waals surface area contributed by atoms with Crippen molar-refractivity contribution in [2.24, 2.45) is 7.05 Å². The summed E-state index contributed by atoms with van der Waals surface area (Å²) in [5.74, 6) is -0.616. The van der Waals surface area contributed by atoms with Gasteiger partial charge in [0.15, 0.2) is 0 Å². The number of aromatic nitrogens is 2. The summed E-state index contributed by atoms with van der Waals surface area (Å²) in [6.07, 6.45) is -0.587. The zero-order valence-electron chi connectivity index (χ0n) is 18.9. The van der Waals surface area contributed by atoms with Gasteiger partial charge in [-0.1, -0.05) is 12.1 Å². The largest absolute Gasteiger partial charge is 0.467 e. The third-order valence-corrected chi connectivity index (χ3v) is 4.86. The van der Waals surface area contributed by atoms with E-state index in [-0.39, 0.29) is 12.0 Å². The van der Waals surface area contributed by atoms with Gasteiger partial charge in [-0.15, -0.1) is 0 Å². The summed E-state index contributed by atoms with van der Waals surface area (Å²) < 4.78 is 12.5. The number of amides is 1. The van der Waals surface area contributed by atoms with Gasteiger partial charge < -0.3 is 19.4 Å². The first kappa shape index (κ1) is 23.9. The number of carbonyl (C=O) groups is 2. The van der Waals surface area contributed by atoms with Gasteiger partial charge in [0.25, 0.3) is 5.56 Å². The quantitative estimate of drug-likeness (QED) is 0.723. The van der Waals surface area contributed by atoms with Crippen LogP contribution in [0.3, 0.4) is 0 Å². The molecule has 2 rings (SSSR count). The highest BCUT2D eigenvalue weighted by Gasteiger charge is 2.25. The Morgan fingerprint density at radius 3 is 2.19 bits per heavy atom. The Kier molecular flexibility index (Phi) is 7.09. The van der Waals surface area contributed by atoms with Crippen molar-refractivity contribution in [1.82, 2.24) is 14.5 Å². The summed E-state index contributed by atoms with van der Waals surface area (Å²) >= 11 is 0. The Morgan fingerprint density at radius 1 is 1.10 bits per heavy atom. The molecule has 31 heavy (non-hydrogen) atoms. The fraction of sp³-hybridized carbons (Fsp3) is 0.455. The molecule has 9 heteroatoms. The van der Waals surface area contributed by atoms with Crippen molar-refractivity contribution in [2.45, 2.75) is 52.7 Å². The predicted molar refractivity (Wildman–Crippen MR) is 116 cm³/mol. The standard InChI is InChI=1S/C22H29N3O6/c1-13-14(2)24(6)21(29)25(18(13)26)16-10-8-15(9-11-16)12-17(19(27)30-7)23-20(28)31-22(3,4)5/h8-11,17H,12H2,1-7H3,(H,23,28)/t17-/m0/s1. The van der Waals surface area contributed by atoms with Gasteiger partial charge in [0.2, 0.25) is 0 Å². The molecule has 168 valence electrons.